The van der Waals surface area contributed by atoms with E-state index < -0.39 is 0 Å². The molecule has 110 valence electrons. The lowest BCUT2D eigenvalue weighted by molar-refractivity contribution is -0.120. The second-order valence-corrected chi connectivity index (χ2v) is 5.08. The maximum Gasteiger partial charge on any atom is 0.224 e. The monoisotopic (exact) mass is 291 g/mol. The van der Waals surface area contributed by atoms with Gasteiger partial charge in [-0.05, 0) is 23.3 Å². The van der Waals surface area contributed by atoms with Gasteiger partial charge in [0.25, 0.3) is 0 Å². The Hall–Kier alpha value is -2.88. The first kappa shape index (κ1) is 14.1. The number of imidazole rings is 1. The van der Waals surface area contributed by atoms with Crippen molar-refractivity contribution in [1.29, 1.82) is 0 Å². The number of nitrogens with one attached hydrogen (secondary N) is 1. The van der Waals surface area contributed by atoms with Crippen LogP contribution in [0.1, 0.15) is 11.1 Å². The lowest BCUT2D eigenvalue weighted by atomic mass is 10.1. The molecule has 4 nitrogen and oxygen atoms in total. The second-order valence-electron chi connectivity index (χ2n) is 5.08. The summed E-state index contributed by atoms with van der Waals surface area (Å²) in [4.78, 5) is 15.9. The van der Waals surface area contributed by atoms with E-state index in [1.54, 1.807) is 12.5 Å². The first-order valence-corrected chi connectivity index (χ1v) is 7.19. The molecule has 3 aromatic rings. The van der Waals surface area contributed by atoms with E-state index in [1.807, 2.05) is 65.4 Å². The molecule has 0 saturated heterocycles. The third-order valence-corrected chi connectivity index (χ3v) is 3.44. The summed E-state index contributed by atoms with van der Waals surface area (Å²) in [6.45, 7) is 0.538. The van der Waals surface area contributed by atoms with Gasteiger partial charge in [-0.2, -0.15) is 0 Å². The molecule has 0 unspecified atom stereocenters. The Balaban J connectivity index is 1.54. The maximum absolute atomic E-state index is 11.9. The van der Waals surface area contributed by atoms with Gasteiger partial charge < -0.3 is 9.88 Å². The highest BCUT2D eigenvalue weighted by Gasteiger charge is 2.03. The Bertz CT molecular complexity index is 719. The normalized spacial score (nSPS) is 10.4. The van der Waals surface area contributed by atoms with Gasteiger partial charge in [-0.3, -0.25) is 4.79 Å². The van der Waals surface area contributed by atoms with E-state index in [4.69, 9.17) is 0 Å². The largest absolute Gasteiger partial charge is 0.352 e. The molecule has 22 heavy (non-hydrogen) atoms. The second kappa shape index (κ2) is 6.72. The van der Waals surface area contributed by atoms with Gasteiger partial charge in [-0.1, -0.05) is 42.5 Å². The highest BCUT2D eigenvalue weighted by Crippen LogP contribution is 2.09. The molecule has 0 radical (unpaired) electrons. The SMILES string of the molecule is O=C(Cc1ccccc1)NCc1ccc(-n2ccnc2)cc1. The van der Waals surface area contributed by atoms with Crippen molar-refractivity contribution in [3.63, 3.8) is 0 Å². The highest BCUT2D eigenvalue weighted by molar-refractivity contribution is 5.78. The minimum absolute atomic E-state index is 0.0323. The molecule has 0 saturated carbocycles. The molecule has 0 fully saturated rings. The number of hydrogen-bond donors (Lipinski definition) is 1. The molecular formula is C18H17N3O. The molecule has 0 atom stereocenters. The van der Waals surface area contributed by atoms with Crippen LogP contribution in [0.4, 0.5) is 0 Å². The fourth-order valence-electron chi connectivity index (χ4n) is 2.24. The van der Waals surface area contributed by atoms with Crippen molar-refractivity contribution in [2.45, 2.75) is 13.0 Å². The van der Waals surface area contributed by atoms with E-state index >= 15 is 0 Å². The number of rotatable bonds is 5. The quantitative estimate of drug-likeness (QED) is 0.785. The summed E-state index contributed by atoms with van der Waals surface area (Å²) in [5, 5.41) is 2.94. The molecule has 0 aliphatic rings. The summed E-state index contributed by atoms with van der Waals surface area (Å²) >= 11 is 0. The van der Waals surface area contributed by atoms with Crippen molar-refractivity contribution >= 4 is 5.91 Å². The van der Waals surface area contributed by atoms with Gasteiger partial charge in [-0.15, -0.1) is 0 Å². The van der Waals surface area contributed by atoms with E-state index in [1.165, 1.54) is 0 Å². The third-order valence-electron chi connectivity index (χ3n) is 3.44. The molecule has 2 aromatic carbocycles. The molecule has 0 aliphatic heterocycles. The van der Waals surface area contributed by atoms with Gasteiger partial charge in [-0.25, -0.2) is 4.98 Å². The van der Waals surface area contributed by atoms with Crippen LogP contribution in [0, 0.1) is 0 Å². The van der Waals surface area contributed by atoms with Crippen molar-refractivity contribution in [2.24, 2.45) is 0 Å². The predicted molar refractivity (Wildman–Crippen MR) is 85.6 cm³/mol. The number of nitrogens with zero attached hydrogens (tertiary/aromatic N) is 2. The minimum atomic E-state index is 0.0323. The summed E-state index contributed by atoms with van der Waals surface area (Å²) in [5.74, 6) is 0.0323. The van der Waals surface area contributed by atoms with Crippen LogP contribution in [0.3, 0.4) is 0 Å². The van der Waals surface area contributed by atoms with Crippen molar-refractivity contribution in [2.75, 3.05) is 0 Å². The molecule has 0 spiro atoms. The van der Waals surface area contributed by atoms with Crippen LogP contribution in [0.15, 0.2) is 73.3 Å². The molecule has 3 rings (SSSR count). The standard InChI is InChI=1S/C18H17N3O/c22-18(12-15-4-2-1-3-5-15)20-13-16-6-8-17(9-7-16)21-11-10-19-14-21/h1-11,14H,12-13H2,(H,20,22). The van der Waals surface area contributed by atoms with E-state index in [-0.39, 0.29) is 5.91 Å². The fraction of sp³-hybridized carbons (Fsp3) is 0.111. The van der Waals surface area contributed by atoms with Crippen LogP contribution in [0.2, 0.25) is 0 Å². The van der Waals surface area contributed by atoms with Gasteiger partial charge in [0.1, 0.15) is 0 Å². The first-order valence-electron chi connectivity index (χ1n) is 7.19. The molecule has 1 N–H and O–H groups in total. The van der Waals surface area contributed by atoms with Crippen LogP contribution < -0.4 is 5.32 Å². The summed E-state index contributed by atoms with van der Waals surface area (Å²) in [6.07, 6.45) is 5.82. The summed E-state index contributed by atoms with van der Waals surface area (Å²) < 4.78 is 1.94. The molecule has 1 amide bonds. The van der Waals surface area contributed by atoms with Crippen molar-refractivity contribution in [1.82, 2.24) is 14.9 Å². The molecule has 0 bridgehead atoms. The number of carbonyl (C=O) groups excluding carboxylic acids is 1. The van der Waals surface area contributed by atoms with Gasteiger partial charge in [0, 0.05) is 24.6 Å². The van der Waals surface area contributed by atoms with E-state index in [0.717, 1.165) is 16.8 Å². The topological polar surface area (TPSA) is 46.9 Å². The third kappa shape index (κ3) is 3.61. The van der Waals surface area contributed by atoms with E-state index in [2.05, 4.69) is 10.3 Å². The van der Waals surface area contributed by atoms with Gasteiger partial charge >= 0.3 is 0 Å². The number of hydrogen-bond acceptors (Lipinski definition) is 2. The zero-order valence-electron chi connectivity index (χ0n) is 12.1. The minimum Gasteiger partial charge on any atom is -0.352 e. The van der Waals surface area contributed by atoms with Crippen molar-refractivity contribution in [3.05, 3.63) is 84.4 Å². The number of amides is 1. The maximum atomic E-state index is 11.9. The van der Waals surface area contributed by atoms with Crippen LogP contribution in [-0.4, -0.2) is 15.5 Å². The summed E-state index contributed by atoms with van der Waals surface area (Å²) in [5.41, 5.74) is 3.15. The fourth-order valence-corrected chi connectivity index (χ4v) is 2.24. The zero-order valence-corrected chi connectivity index (χ0v) is 12.1. The molecule has 1 aromatic heterocycles. The Morgan fingerprint density at radius 3 is 2.45 bits per heavy atom. The van der Waals surface area contributed by atoms with E-state index in [9.17, 15) is 4.79 Å². The van der Waals surface area contributed by atoms with Gasteiger partial charge in [0.05, 0.1) is 12.7 Å². The number of carbonyl (C=O) groups is 1. The molecule has 4 heteroatoms. The lowest BCUT2D eigenvalue weighted by Crippen LogP contribution is -2.24. The smallest absolute Gasteiger partial charge is 0.224 e. The average Bonchev–Trinajstić information content (AvgIpc) is 3.09. The molecule has 0 aliphatic carbocycles. The van der Waals surface area contributed by atoms with Gasteiger partial charge in [0.2, 0.25) is 5.91 Å². The Morgan fingerprint density at radius 1 is 1.00 bits per heavy atom. The first-order chi connectivity index (χ1) is 10.8. The lowest BCUT2D eigenvalue weighted by Gasteiger charge is -2.07. The average molecular weight is 291 g/mol. The molecular weight excluding hydrogens is 274 g/mol. The van der Waals surface area contributed by atoms with Crippen molar-refractivity contribution < 1.29 is 4.79 Å². The summed E-state index contributed by atoms with van der Waals surface area (Å²) in [7, 11) is 0. The Labute approximate surface area is 129 Å². The number of benzene rings is 2. The van der Waals surface area contributed by atoms with Crippen LogP contribution in [0.5, 0.6) is 0 Å². The van der Waals surface area contributed by atoms with Crippen LogP contribution in [-0.2, 0) is 17.8 Å². The predicted octanol–water partition coefficient (Wildman–Crippen LogP) is 2.73. The Kier molecular flexibility index (Phi) is 4.30. The van der Waals surface area contributed by atoms with Crippen LogP contribution in [0.25, 0.3) is 5.69 Å². The van der Waals surface area contributed by atoms with Gasteiger partial charge in [0.15, 0.2) is 0 Å². The van der Waals surface area contributed by atoms with Crippen molar-refractivity contribution in [3.8, 4) is 5.69 Å². The van der Waals surface area contributed by atoms with Crippen LogP contribution >= 0.6 is 0 Å². The highest BCUT2D eigenvalue weighted by atomic mass is 16.1. The number of aromatic nitrogens is 2. The zero-order chi connectivity index (χ0) is 15.2. The Morgan fingerprint density at radius 2 is 1.77 bits per heavy atom. The molecule has 1 heterocycles. The summed E-state index contributed by atoms with van der Waals surface area (Å²) in [6, 6.07) is 17.8. The van der Waals surface area contributed by atoms with E-state index in [0.29, 0.717) is 13.0 Å².